The van der Waals surface area contributed by atoms with E-state index in [2.05, 4.69) is 18.9 Å². The fourth-order valence-electron chi connectivity index (χ4n) is 1.32. The number of nitrogens with two attached hydrogens (primary N) is 1. The van der Waals surface area contributed by atoms with E-state index in [1.165, 1.54) is 0 Å². The Labute approximate surface area is 90.9 Å². The van der Waals surface area contributed by atoms with Gasteiger partial charge in [0.05, 0.1) is 12.6 Å². The molecular weight excluding hydrogens is 188 g/mol. The van der Waals surface area contributed by atoms with Crippen molar-refractivity contribution in [2.75, 3.05) is 6.61 Å². The topological polar surface area (TPSA) is 47.3 Å². The molecule has 1 unspecified atom stereocenters. The highest BCUT2D eigenvalue weighted by molar-refractivity contribution is 5.32. The zero-order chi connectivity index (χ0) is 11.1. The highest BCUT2D eigenvalue weighted by Gasteiger charge is 2.05. The maximum absolute atomic E-state index is 5.53. The van der Waals surface area contributed by atoms with Gasteiger partial charge in [0.1, 0.15) is 5.75 Å². The molecule has 0 aliphatic heterocycles. The van der Waals surface area contributed by atoms with E-state index < -0.39 is 0 Å². The van der Waals surface area contributed by atoms with Gasteiger partial charge in [-0.2, -0.15) is 0 Å². The fraction of sp³-hybridized carbons (Fsp3) is 0.333. The molecular formula is C12H18N2O. The van der Waals surface area contributed by atoms with Gasteiger partial charge in [-0.05, 0) is 24.1 Å². The van der Waals surface area contributed by atoms with E-state index in [1.807, 2.05) is 24.3 Å². The number of hydrogen-bond donors (Lipinski definition) is 2. The zero-order valence-electron chi connectivity index (χ0n) is 9.07. The lowest BCUT2D eigenvalue weighted by molar-refractivity contribution is 0.317. The SMILES string of the molecule is C=CC(NN)c1cccc(OCCC)c1. The summed E-state index contributed by atoms with van der Waals surface area (Å²) >= 11 is 0. The van der Waals surface area contributed by atoms with Crippen LogP contribution in [-0.4, -0.2) is 6.61 Å². The molecule has 0 aliphatic carbocycles. The molecule has 3 N–H and O–H groups in total. The van der Waals surface area contributed by atoms with Crippen molar-refractivity contribution >= 4 is 0 Å². The minimum absolute atomic E-state index is 0.0322. The normalized spacial score (nSPS) is 12.1. The number of benzene rings is 1. The van der Waals surface area contributed by atoms with Crippen molar-refractivity contribution in [2.24, 2.45) is 5.84 Å². The maximum atomic E-state index is 5.53. The largest absolute Gasteiger partial charge is 0.494 e. The molecule has 82 valence electrons. The van der Waals surface area contributed by atoms with Crippen molar-refractivity contribution in [3.63, 3.8) is 0 Å². The summed E-state index contributed by atoms with van der Waals surface area (Å²) in [6.07, 6.45) is 2.77. The molecule has 0 fully saturated rings. The Hall–Kier alpha value is -1.32. The fourth-order valence-corrected chi connectivity index (χ4v) is 1.32. The number of rotatable bonds is 6. The predicted octanol–water partition coefficient (Wildman–Crippen LogP) is 2.17. The summed E-state index contributed by atoms with van der Waals surface area (Å²) in [5, 5.41) is 0. The maximum Gasteiger partial charge on any atom is 0.119 e. The summed E-state index contributed by atoms with van der Waals surface area (Å²) in [6, 6.07) is 7.83. The minimum atomic E-state index is -0.0322. The van der Waals surface area contributed by atoms with E-state index in [-0.39, 0.29) is 6.04 Å². The number of ether oxygens (including phenoxy) is 1. The first-order valence-corrected chi connectivity index (χ1v) is 5.13. The van der Waals surface area contributed by atoms with Crippen LogP contribution in [-0.2, 0) is 0 Å². The lowest BCUT2D eigenvalue weighted by Crippen LogP contribution is -2.26. The summed E-state index contributed by atoms with van der Waals surface area (Å²) in [7, 11) is 0. The number of nitrogens with one attached hydrogen (secondary N) is 1. The van der Waals surface area contributed by atoms with Crippen LogP contribution in [0.25, 0.3) is 0 Å². The molecule has 0 aromatic heterocycles. The number of hydrogen-bond acceptors (Lipinski definition) is 3. The van der Waals surface area contributed by atoms with Gasteiger partial charge in [-0.25, -0.2) is 5.43 Å². The van der Waals surface area contributed by atoms with Gasteiger partial charge in [-0.15, -0.1) is 6.58 Å². The van der Waals surface area contributed by atoms with Gasteiger partial charge in [0.25, 0.3) is 0 Å². The van der Waals surface area contributed by atoms with Gasteiger partial charge in [0, 0.05) is 0 Å². The Morgan fingerprint density at radius 2 is 2.40 bits per heavy atom. The Bertz CT molecular complexity index is 312. The molecule has 0 aliphatic rings. The Morgan fingerprint density at radius 1 is 1.60 bits per heavy atom. The molecule has 3 heteroatoms. The monoisotopic (exact) mass is 206 g/mol. The van der Waals surface area contributed by atoms with Crippen LogP contribution in [0.15, 0.2) is 36.9 Å². The molecule has 0 amide bonds. The third kappa shape index (κ3) is 3.38. The van der Waals surface area contributed by atoms with Crippen molar-refractivity contribution in [3.8, 4) is 5.75 Å². The average Bonchev–Trinajstić information content (AvgIpc) is 2.29. The van der Waals surface area contributed by atoms with Crippen molar-refractivity contribution in [1.29, 1.82) is 0 Å². The molecule has 1 aromatic carbocycles. The molecule has 0 heterocycles. The summed E-state index contributed by atoms with van der Waals surface area (Å²) in [4.78, 5) is 0. The van der Waals surface area contributed by atoms with E-state index in [4.69, 9.17) is 10.6 Å². The predicted molar refractivity (Wildman–Crippen MR) is 62.5 cm³/mol. The van der Waals surface area contributed by atoms with Crippen molar-refractivity contribution in [3.05, 3.63) is 42.5 Å². The van der Waals surface area contributed by atoms with Crippen LogP contribution < -0.4 is 16.0 Å². The molecule has 0 radical (unpaired) electrons. The second-order valence-electron chi connectivity index (χ2n) is 3.30. The van der Waals surface area contributed by atoms with Crippen LogP contribution >= 0.6 is 0 Å². The van der Waals surface area contributed by atoms with E-state index in [0.29, 0.717) is 0 Å². The first-order chi connectivity index (χ1) is 7.31. The summed E-state index contributed by atoms with van der Waals surface area (Å²) in [5.41, 5.74) is 3.73. The number of hydrazine groups is 1. The van der Waals surface area contributed by atoms with E-state index in [9.17, 15) is 0 Å². The van der Waals surface area contributed by atoms with Gasteiger partial charge < -0.3 is 4.74 Å². The lowest BCUT2D eigenvalue weighted by Gasteiger charge is -2.13. The molecule has 1 atom stereocenters. The van der Waals surface area contributed by atoms with Crippen molar-refractivity contribution in [1.82, 2.24) is 5.43 Å². The van der Waals surface area contributed by atoms with E-state index in [0.717, 1.165) is 24.3 Å². The van der Waals surface area contributed by atoms with Crippen molar-refractivity contribution in [2.45, 2.75) is 19.4 Å². The Balaban J connectivity index is 2.76. The van der Waals surface area contributed by atoms with Gasteiger partial charge in [0.2, 0.25) is 0 Å². The second-order valence-corrected chi connectivity index (χ2v) is 3.30. The Morgan fingerprint density at radius 3 is 3.00 bits per heavy atom. The molecule has 3 nitrogen and oxygen atoms in total. The average molecular weight is 206 g/mol. The van der Waals surface area contributed by atoms with Crippen LogP contribution in [0.5, 0.6) is 5.75 Å². The van der Waals surface area contributed by atoms with Gasteiger partial charge in [-0.3, -0.25) is 5.84 Å². The summed E-state index contributed by atoms with van der Waals surface area (Å²) in [6.45, 7) is 6.53. The first kappa shape index (κ1) is 11.8. The zero-order valence-corrected chi connectivity index (χ0v) is 9.07. The molecule has 15 heavy (non-hydrogen) atoms. The smallest absolute Gasteiger partial charge is 0.119 e. The van der Waals surface area contributed by atoms with Crippen molar-refractivity contribution < 1.29 is 4.74 Å². The quantitative estimate of drug-likeness (QED) is 0.426. The summed E-state index contributed by atoms with van der Waals surface area (Å²) in [5.74, 6) is 6.28. The van der Waals surface area contributed by atoms with Crippen LogP contribution in [0.2, 0.25) is 0 Å². The van der Waals surface area contributed by atoms with E-state index in [1.54, 1.807) is 6.08 Å². The summed E-state index contributed by atoms with van der Waals surface area (Å²) < 4.78 is 5.53. The third-order valence-electron chi connectivity index (χ3n) is 2.11. The van der Waals surface area contributed by atoms with Gasteiger partial charge in [-0.1, -0.05) is 25.1 Å². The molecule has 1 aromatic rings. The second kappa shape index (κ2) is 6.22. The first-order valence-electron chi connectivity index (χ1n) is 5.13. The Kier molecular flexibility index (Phi) is 4.87. The minimum Gasteiger partial charge on any atom is -0.494 e. The molecule has 0 saturated carbocycles. The third-order valence-corrected chi connectivity index (χ3v) is 2.11. The standard InChI is InChI=1S/C12H18N2O/c1-3-8-15-11-7-5-6-10(9-11)12(4-2)14-13/h4-7,9,12,14H,2-3,8,13H2,1H3. The van der Waals surface area contributed by atoms with Gasteiger partial charge in [0.15, 0.2) is 0 Å². The molecule has 0 spiro atoms. The van der Waals surface area contributed by atoms with Crippen LogP contribution in [0.1, 0.15) is 24.9 Å². The van der Waals surface area contributed by atoms with Crippen LogP contribution in [0.4, 0.5) is 0 Å². The lowest BCUT2D eigenvalue weighted by atomic mass is 10.1. The van der Waals surface area contributed by atoms with E-state index >= 15 is 0 Å². The van der Waals surface area contributed by atoms with Crippen LogP contribution in [0.3, 0.4) is 0 Å². The highest BCUT2D eigenvalue weighted by Crippen LogP contribution is 2.19. The molecule has 0 saturated heterocycles. The molecule has 0 bridgehead atoms. The highest BCUT2D eigenvalue weighted by atomic mass is 16.5. The van der Waals surface area contributed by atoms with Gasteiger partial charge >= 0.3 is 0 Å². The van der Waals surface area contributed by atoms with Crippen LogP contribution in [0, 0.1) is 0 Å². The molecule has 1 rings (SSSR count).